The first-order valence-electron chi connectivity index (χ1n) is 12.9. The van der Waals surface area contributed by atoms with Gasteiger partial charge in [-0.1, -0.05) is 29.8 Å². The first kappa shape index (κ1) is 24.7. The lowest BCUT2D eigenvalue weighted by atomic mass is 9.77. The highest BCUT2D eigenvalue weighted by Gasteiger charge is 2.41. The third-order valence-electron chi connectivity index (χ3n) is 7.67. The molecule has 6 nitrogen and oxygen atoms in total. The Balaban J connectivity index is 1.39. The monoisotopic (exact) mass is 507 g/mol. The van der Waals surface area contributed by atoms with Crippen molar-refractivity contribution in [2.24, 2.45) is 12.5 Å². The van der Waals surface area contributed by atoms with E-state index in [-0.39, 0.29) is 11.8 Å². The zero-order valence-corrected chi connectivity index (χ0v) is 21.7. The van der Waals surface area contributed by atoms with Crippen LogP contribution < -0.4 is 4.74 Å². The number of amides is 2. The number of ether oxygens (including phenoxy) is 1. The number of piperidine rings is 2. The van der Waals surface area contributed by atoms with Crippen LogP contribution in [0.25, 0.3) is 10.9 Å². The molecule has 2 aromatic carbocycles. The SMILES string of the molecule is Cn1cc(C(=O)N2CCCC(COc3ccc(Cl)cc3)(CC(=O)N3CCCCC3)C2)c2ccccc21. The first-order valence-corrected chi connectivity index (χ1v) is 13.3. The molecular formula is C29H34ClN3O3. The molecule has 36 heavy (non-hydrogen) atoms. The molecule has 1 atom stereocenters. The molecule has 0 bridgehead atoms. The maximum absolute atomic E-state index is 13.8. The summed E-state index contributed by atoms with van der Waals surface area (Å²) in [5.41, 5.74) is 1.31. The summed E-state index contributed by atoms with van der Waals surface area (Å²) in [5.74, 6) is 0.920. The molecule has 1 unspecified atom stereocenters. The predicted molar refractivity (Wildman–Crippen MR) is 142 cm³/mol. The fourth-order valence-electron chi connectivity index (χ4n) is 5.72. The summed E-state index contributed by atoms with van der Waals surface area (Å²) >= 11 is 6.05. The van der Waals surface area contributed by atoms with Crippen molar-refractivity contribution >= 4 is 34.3 Å². The van der Waals surface area contributed by atoms with Crippen molar-refractivity contribution in [2.75, 3.05) is 32.8 Å². The standard InChI is InChI=1S/C29H34ClN3O3/c1-31-19-25(24-8-3-4-9-26(24)31)28(35)33-17-7-14-29(20-33,18-27(34)32-15-5-2-6-16-32)21-36-23-12-10-22(30)11-13-23/h3-4,8-13,19H,2,5-7,14-18,20-21H2,1H3. The van der Waals surface area contributed by atoms with Gasteiger partial charge in [0.15, 0.2) is 0 Å². The summed E-state index contributed by atoms with van der Waals surface area (Å²) in [5, 5.41) is 1.62. The van der Waals surface area contributed by atoms with E-state index in [4.69, 9.17) is 16.3 Å². The third-order valence-corrected chi connectivity index (χ3v) is 7.92. The number of rotatable bonds is 6. The third kappa shape index (κ3) is 5.24. The first-order chi connectivity index (χ1) is 17.4. The van der Waals surface area contributed by atoms with Crippen LogP contribution in [-0.2, 0) is 11.8 Å². The number of para-hydroxylation sites is 1. The summed E-state index contributed by atoms with van der Waals surface area (Å²) in [6.45, 7) is 3.22. The molecule has 0 spiro atoms. The Morgan fingerprint density at radius 2 is 1.67 bits per heavy atom. The van der Waals surface area contributed by atoms with Crippen molar-refractivity contribution in [3.05, 3.63) is 65.3 Å². The fourth-order valence-corrected chi connectivity index (χ4v) is 5.85. The highest BCUT2D eigenvalue weighted by atomic mass is 35.5. The summed E-state index contributed by atoms with van der Waals surface area (Å²) < 4.78 is 8.23. The van der Waals surface area contributed by atoms with Crippen molar-refractivity contribution < 1.29 is 14.3 Å². The van der Waals surface area contributed by atoms with Crippen LogP contribution >= 0.6 is 11.6 Å². The molecule has 0 N–H and O–H groups in total. The molecule has 2 aliphatic rings. The largest absolute Gasteiger partial charge is 0.493 e. The van der Waals surface area contributed by atoms with Gasteiger partial charge in [-0.15, -0.1) is 0 Å². The van der Waals surface area contributed by atoms with Crippen molar-refractivity contribution in [3.63, 3.8) is 0 Å². The molecule has 3 heterocycles. The quantitative estimate of drug-likeness (QED) is 0.440. The van der Waals surface area contributed by atoms with Gasteiger partial charge in [-0.3, -0.25) is 9.59 Å². The lowest BCUT2D eigenvalue weighted by Crippen LogP contribution is -2.51. The van der Waals surface area contributed by atoms with Crippen molar-refractivity contribution in [1.82, 2.24) is 14.4 Å². The maximum atomic E-state index is 13.8. The summed E-state index contributed by atoms with van der Waals surface area (Å²) in [6, 6.07) is 15.3. The molecule has 0 saturated carbocycles. The number of halogens is 1. The van der Waals surface area contributed by atoms with Gasteiger partial charge >= 0.3 is 0 Å². The van der Waals surface area contributed by atoms with Crippen LogP contribution in [0.4, 0.5) is 0 Å². The van der Waals surface area contributed by atoms with Crippen molar-refractivity contribution in [3.8, 4) is 5.75 Å². The number of aromatic nitrogens is 1. The predicted octanol–water partition coefficient (Wildman–Crippen LogP) is 5.54. The second-order valence-corrected chi connectivity index (χ2v) is 10.8. The number of likely N-dealkylation sites (tertiary alicyclic amines) is 2. The number of benzene rings is 2. The highest BCUT2D eigenvalue weighted by molar-refractivity contribution is 6.30. The Morgan fingerprint density at radius 1 is 0.944 bits per heavy atom. The van der Waals surface area contributed by atoms with Crippen LogP contribution in [0.15, 0.2) is 54.7 Å². The Labute approximate surface area is 217 Å². The summed E-state index contributed by atoms with van der Waals surface area (Å²) in [4.78, 5) is 31.1. The molecule has 3 aromatic rings. The number of aryl methyl sites for hydroxylation is 1. The Morgan fingerprint density at radius 3 is 2.44 bits per heavy atom. The fraction of sp³-hybridized carbons (Fsp3) is 0.448. The molecule has 2 fully saturated rings. The molecule has 5 rings (SSSR count). The minimum Gasteiger partial charge on any atom is -0.493 e. The van der Waals surface area contributed by atoms with Gasteiger partial charge in [0, 0.05) is 67.2 Å². The lowest BCUT2D eigenvalue weighted by molar-refractivity contribution is -0.136. The molecule has 7 heteroatoms. The van der Waals surface area contributed by atoms with E-state index in [1.807, 2.05) is 64.0 Å². The summed E-state index contributed by atoms with van der Waals surface area (Å²) in [7, 11) is 1.97. The van der Waals surface area contributed by atoms with E-state index in [9.17, 15) is 9.59 Å². The number of fused-ring (bicyclic) bond motifs is 1. The van der Waals surface area contributed by atoms with Crippen LogP contribution in [-0.4, -0.2) is 59.0 Å². The van der Waals surface area contributed by atoms with E-state index < -0.39 is 5.41 Å². The topological polar surface area (TPSA) is 54.8 Å². The maximum Gasteiger partial charge on any atom is 0.256 e. The van der Waals surface area contributed by atoms with Gasteiger partial charge in [0.1, 0.15) is 5.75 Å². The van der Waals surface area contributed by atoms with Gasteiger partial charge in [0.25, 0.3) is 5.91 Å². The minimum absolute atomic E-state index is 0.0211. The number of carbonyl (C=O) groups is 2. The molecule has 2 aliphatic heterocycles. The minimum atomic E-state index is -0.438. The van der Waals surface area contributed by atoms with Gasteiger partial charge in [0.2, 0.25) is 5.91 Å². The smallest absolute Gasteiger partial charge is 0.256 e. The molecular weight excluding hydrogens is 474 g/mol. The van der Waals surface area contributed by atoms with Crippen LogP contribution in [0, 0.1) is 5.41 Å². The zero-order valence-electron chi connectivity index (χ0n) is 20.9. The second-order valence-electron chi connectivity index (χ2n) is 10.4. The number of hydrogen-bond acceptors (Lipinski definition) is 3. The average Bonchev–Trinajstić information content (AvgIpc) is 3.25. The molecule has 2 saturated heterocycles. The average molecular weight is 508 g/mol. The van der Waals surface area contributed by atoms with Crippen LogP contribution in [0.1, 0.15) is 48.9 Å². The van der Waals surface area contributed by atoms with E-state index in [2.05, 4.69) is 0 Å². The number of hydrogen-bond donors (Lipinski definition) is 0. The van der Waals surface area contributed by atoms with E-state index in [0.717, 1.165) is 55.4 Å². The molecule has 0 aliphatic carbocycles. The van der Waals surface area contributed by atoms with Crippen LogP contribution in [0.3, 0.4) is 0 Å². The number of nitrogens with zero attached hydrogens (tertiary/aromatic N) is 3. The van der Waals surface area contributed by atoms with Gasteiger partial charge in [-0.25, -0.2) is 0 Å². The lowest BCUT2D eigenvalue weighted by Gasteiger charge is -2.43. The van der Waals surface area contributed by atoms with E-state index in [0.29, 0.717) is 36.7 Å². The highest BCUT2D eigenvalue weighted by Crippen LogP contribution is 2.37. The van der Waals surface area contributed by atoms with Gasteiger partial charge < -0.3 is 19.1 Å². The molecule has 190 valence electrons. The van der Waals surface area contributed by atoms with Gasteiger partial charge in [-0.05, 0) is 62.4 Å². The molecule has 0 radical (unpaired) electrons. The second kappa shape index (κ2) is 10.6. The Bertz CT molecular complexity index is 1230. The van der Waals surface area contributed by atoms with Crippen molar-refractivity contribution in [1.29, 1.82) is 0 Å². The number of carbonyl (C=O) groups excluding carboxylic acids is 2. The van der Waals surface area contributed by atoms with Gasteiger partial charge in [-0.2, -0.15) is 0 Å². The Hall–Kier alpha value is -2.99. The Kier molecular flexibility index (Phi) is 7.24. The van der Waals surface area contributed by atoms with E-state index in [1.165, 1.54) is 6.42 Å². The molecule has 1 aromatic heterocycles. The summed E-state index contributed by atoms with van der Waals surface area (Å²) in [6.07, 6.45) is 7.30. The van der Waals surface area contributed by atoms with Crippen LogP contribution in [0.5, 0.6) is 5.75 Å². The van der Waals surface area contributed by atoms with E-state index in [1.54, 1.807) is 12.1 Å². The van der Waals surface area contributed by atoms with Crippen molar-refractivity contribution in [2.45, 2.75) is 38.5 Å². The van der Waals surface area contributed by atoms with Gasteiger partial charge in [0.05, 0.1) is 12.2 Å². The normalized spacial score (nSPS) is 20.5. The zero-order chi connectivity index (χ0) is 25.1. The van der Waals surface area contributed by atoms with E-state index >= 15 is 0 Å². The van der Waals surface area contributed by atoms with Crippen LogP contribution in [0.2, 0.25) is 5.02 Å². The molecule has 2 amide bonds.